The molecule has 0 heteroatoms. The van der Waals surface area contributed by atoms with E-state index in [1.54, 1.807) is 27.8 Å². The van der Waals surface area contributed by atoms with Gasteiger partial charge in [-0.25, -0.2) is 0 Å². The zero-order chi connectivity index (χ0) is 18.1. The highest BCUT2D eigenvalue weighted by Gasteiger charge is 2.20. The van der Waals surface area contributed by atoms with Gasteiger partial charge in [0.25, 0.3) is 0 Å². The first kappa shape index (κ1) is 21.3. The van der Waals surface area contributed by atoms with Gasteiger partial charge in [0.2, 0.25) is 0 Å². The fraction of sp³-hybridized carbons (Fsp3) is 0.750. The third-order valence-electron chi connectivity index (χ3n) is 5.22. The summed E-state index contributed by atoms with van der Waals surface area (Å²) in [7, 11) is 0. The van der Waals surface area contributed by atoms with Gasteiger partial charge in [0.15, 0.2) is 0 Å². The standard InChI is InChI=1S/C24H42/c1-8-11-14-20-17-21(15-12-9-2)24(19(6)7)22(16-13-10-3)23(20)18(4)5/h17-19H,8-16H2,1-7H3. The molecule has 0 unspecified atom stereocenters. The average Bonchev–Trinajstić information content (AvgIpc) is 2.54. The van der Waals surface area contributed by atoms with Gasteiger partial charge in [0.05, 0.1) is 0 Å². The minimum atomic E-state index is 0.640. The van der Waals surface area contributed by atoms with Crippen LogP contribution in [0.5, 0.6) is 0 Å². The summed E-state index contributed by atoms with van der Waals surface area (Å²) < 4.78 is 0. The minimum Gasteiger partial charge on any atom is -0.0654 e. The molecule has 0 fully saturated rings. The predicted molar refractivity (Wildman–Crippen MR) is 110 cm³/mol. The van der Waals surface area contributed by atoms with E-state index in [9.17, 15) is 0 Å². The first-order chi connectivity index (χ1) is 11.5. The summed E-state index contributed by atoms with van der Waals surface area (Å²) in [6.07, 6.45) is 11.6. The predicted octanol–water partition coefficient (Wildman–Crippen LogP) is 7.96. The van der Waals surface area contributed by atoms with E-state index in [2.05, 4.69) is 54.5 Å². The van der Waals surface area contributed by atoms with Crippen LogP contribution in [0.4, 0.5) is 0 Å². The van der Waals surface area contributed by atoms with Crippen LogP contribution in [0.2, 0.25) is 0 Å². The Hall–Kier alpha value is -0.780. The first-order valence-corrected chi connectivity index (χ1v) is 10.6. The van der Waals surface area contributed by atoms with Gasteiger partial charge in [-0.3, -0.25) is 0 Å². The zero-order valence-electron chi connectivity index (χ0n) is 17.6. The molecule has 0 amide bonds. The molecular formula is C24H42. The van der Waals surface area contributed by atoms with E-state index >= 15 is 0 Å². The van der Waals surface area contributed by atoms with Gasteiger partial charge in [0, 0.05) is 0 Å². The second-order valence-electron chi connectivity index (χ2n) is 8.12. The van der Waals surface area contributed by atoms with Gasteiger partial charge in [-0.05, 0) is 78.2 Å². The van der Waals surface area contributed by atoms with E-state index in [1.807, 2.05) is 0 Å². The molecule has 0 atom stereocenters. The summed E-state index contributed by atoms with van der Waals surface area (Å²) in [6.45, 7) is 16.5. The smallest absolute Gasteiger partial charge is 0.0213 e. The molecule has 0 N–H and O–H groups in total. The Morgan fingerprint density at radius 2 is 1.00 bits per heavy atom. The fourth-order valence-corrected chi connectivity index (χ4v) is 4.11. The van der Waals surface area contributed by atoms with Crippen LogP contribution in [0.25, 0.3) is 0 Å². The number of unbranched alkanes of at least 4 members (excludes halogenated alkanes) is 3. The van der Waals surface area contributed by atoms with E-state index in [1.165, 1.54) is 57.8 Å². The van der Waals surface area contributed by atoms with Crippen LogP contribution in [0, 0.1) is 0 Å². The molecule has 0 bridgehead atoms. The van der Waals surface area contributed by atoms with E-state index in [-0.39, 0.29) is 0 Å². The lowest BCUT2D eigenvalue weighted by Gasteiger charge is -2.27. The monoisotopic (exact) mass is 330 g/mol. The van der Waals surface area contributed by atoms with Crippen molar-refractivity contribution in [2.45, 2.75) is 118 Å². The Morgan fingerprint density at radius 1 is 0.625 bits per heavy atom. The normalized spacial score (nSPS) is 11.7. The van der Waals surface area contributed by atoms with Crippen molar-refractivity contribution in [2.24, 2.45) is 0 Å². The van der Waals surface area contributed by atoms with E-state index in [0.717, 1.165) is 0 Å². The highest BCUT2D eigenvalue weighted by molar-refractivity contribution is 5.49. The Bertz CT molecular complexity index is 441. The van der Waals surface area contributed by atoms with E-state index in [4.69, 9.17) is 0 Å². The minimum absolute atomic E-state index is 0.640. The Balaban J connectivity index is 3.52. The van der Waals surface area contributed by atoms with E-state index < -0.39 is 0 Å². The SMILES string of the molecule is CCCCc1cc(CCCC)c(C(C)C)c(CCCC)c1C(C)C. The molecule has 0 aliphatic rings. The number of hydrogen-bond acceptors (Lipinski definition) is 0. The molecule has 0 aliphatic carbocycles. The van der Waals surface area contributed by atoms with Gasteiger partial charge >= 0.3 is 0 Å². The number of benzene rings is 1. The Labute approximate surface area is 152 Å². The molecule has 0 radical (unpaired) electrons. The number of aryl methyl sites for hydroxylation is 2. The molecule has 1 aromatic rings. The van der Waals surface area contributed by atoms with Crippen molar-refractivity contribution >= 4 is 0 Å². The highest BCUT2D eigenvalue weighted by atomic mass is 14.3. The zero-order valence-corrected chi connectivity index (χ0v) is 17.6. The third kappa shape index (κ3) is 5.64. The maximum Gasteiger partial charge on any atom is -0.0213 e. The van der Waals surface area contributed by atoms with E-state index in [0.29, 0.717) is 11.8 Å². The fourth-order valence-electron chi connectivity index (χ4n) is 4.11. The molecule has 0 aromatic heterocycles. The average molecular weight is 331 g/mol. The quantitative estimate of drug-likeness (QED) is 0.386. The van der Waals surface area contributed by atoms with Gasteiger partial charge in [0.1, 0.15) is 0 Å². The topological polar surface area (TPSA) is 0 Å². The van der Waals surface area contributed by atoms with Crippen LogP contribution in [-0.2, 0) is 19.3 Å². The van der Waals surface area contributed by atoms with Crippen LogP contribution in [0.1, 0.15) is 127 Å². The molecule has 1 rings (SSSR count). The van der Waals surface area contributed by atoms with Gasteiger partial charge in [-0.2, -0.15) is 0 Å². The molecule has 24 heavy (non-hydrogen) atoms. The lowest BCUT2D eigenvalue weighted by molar-refractivity contribution is 0.702. The maximum absolute atomic E-state index is 2.60. The molecule has 0 nitrogen and oxygen atoms in total. The summed E-state index contributed by atoms with van der Waals surface area (Å²) in [4.78, 5) is 0. The van der Waals surface area contributed by atoms with Gasteiger partial charge in [-0.15, -0.1) is 0 Å². The van der Waals surface area contributed by atoms with Crippen molar-refractivity contribution in [2.75, 3.05) is 0 Å². The first-order valence-electron chi connectivity index (χ1n) is 10.6. The highest BCUT2D eigenvalue weighted by Crippen LogP contribution is 2.36. The molecule has 0 aliphatic heterocycles. The van der Waals surface area contributed by atoms with Crippen LogP contribution in [0.3, 0.4) is 0 Å². The van der Waals surface area contributed by atoms with Gasteiger partial charge < -0.3 is 0 Å². The second-order valence-corrected chi connectivity index (χ2v) is 8.12. The summed E-state index contributed by atoms with van der Waals surface area (Å²) in [5.41, 5.74) is 8.44. The molecule has 0 saturated heterocycles. The van der Waals surface area contributed by atoms with Crippen molar-refractivity contribution in [1.82, 2.24) is 0 Å². The summed E-state index contributed by atoms with van der Waals surface area (Å²) in [5, 5.41) is 0. The second kappa shape index (κ2) is 11.0. The van der Waals surface area contributed by atoms with Crippen LogP contribution in [0.15, 0.2) is 6.07 Å². The third-order valence-corrected chi connectivity index (χ3v) is 5.22. The maximum atomic E-state index is 2.60. The lowest BCUT2D eigenvalue weighted by atomic mass is 9.78. The summed E-state index contributed by atoms with van der Waals surface area (Å²) >= 11 is 0. The molecule has 1 aromatic carbocycles. The number of hydrogen-bond donors (Lipinski definition) is 0. The molecule has 0 spiro atoms. The Kier molecular flexibility index (Phi) is 9.71. The van der Waals surface area contributed by atoms with Crippen LogP contribution in [-0.4, -0.2) is 0 Å². The van der Waals surface area contributed by atoms with Crippen molar-refractivity contribution in [3.63, 3.8) is 0 Å². The largest absolute Gasteiger partial charge is 0.0654 e. The summed E-state index contributed by atoms with van der Waals surface area (Å²) in [6, 6.07) is 2.60. The molecule has 138 valence electrons. The molecular weight excluding hydrogens is 288 g/mol. The van der Waals surface area contributed by atoms with Crippen molar-refractivity contribution < 1.29 is 0 Å². The van der Waals surface area contributed by atoms with Crippen LogP contribution >= 0.6 is 0 Å². The van der Waals surface area contributed by atoms with Crippen LogP contribution < -0.4 is 0 Å². The van der Waals surface area contributed by atoms with Crippen molar-refractivity contribution in [3.05, 3.63) is 33.9 Å². The Morgan fingerprint density at radius 3 is 1.33 bits per heavy atom. The molecule has 0 heterocycles. The number of rotatable bonds is 11. The lowest BCUT2D eigenvalue weighted by Crippen LogP contribution is -2.12. The molecule has 0 saturated carbocycles. The summed E-state index contributed by atoms with van der Waals surface area (Å²) in [5.74, 6) is 1.28. The van der Waals surface area contributed by atoms with Gasteiger partial charge in [-0.1, -0.05) is 73.8 Å². The van der Waals surface area contributed by atoms with Crippen molar-refractivity contribution in [3.8, 4) is 0 Å². The van der Waals surface area contributed by atoms with Crippen molar-refractivity contribution in [1.29, 1.82) is 0 Å².